The molecule has 22 heavy (non-hydrogen) atoms. The van der Waals surface area contributed by atoms with Crippen LogP contribution in [0.3, 0.4) is 0 Å². The van der Waals surface area contributed by atoms with Crippen LogP contribution in [0, 0.1) is 11.3 Å². The lowest BCUT2D eigenvalue weighted by Gasteiger charge is -2.06. The fourth-order valence-corrected chi connectivity index (χ4v) is 2.05. The van der Waals surface area contributed by atoms with E-state index in [1.807, 2.05) is 48.5 Å². The Morgan fingerprint density at radius 1 is 1.18 bits per heavy atom. The Kier molecular flexibility index (Phi) is 6.19. The summed E-state index contributed by atoms with van der Waals surface area (Å²) in [5.41, 5.74) is 2.20. The summed E-state index contributed by atoms with van der Waals surface area (Å²) < 4.78 is 5.68. The van der Waals surface area contributed by atoms with Gasteiger partial charge < -0.3 is 4.74 Å². The molecule has 0 fully saturated rings. The molecule has 0 amide bonds. The van der Waals surface area contributed by atoms with Crippen molar-refractivity contribution in [3.63, 3.8) is 0 Å². The summed E-state index contributed by atoms with van der Waals surface area (Å²) in [6, 6.07) is 15.5. The minimum Gasteiger partial charge on any atom is -0.494 e. The van der Waals surface area contributed by atoms with E-state index in [2.05, 4.69) is 18.0 Å². The average molecular weight is 292 g/mol. The van der Waals surface area contributed by atoms with E-state index in [0.29, 0.717) is 11.3 Å². The van der Waals surface area contributed by atoms with Gasteiger partial charge in [-0.3, -0.25) is 4.98 Å². The number of pyridine rings is 1. The summed E-state index contributed by atoms with van der Waals surface area (Å²) in [6.45, 7) is 2.93. The Hall–Kier alpha value is -2.60. The van der Waals surface area contributed by atoms with E-state index in [-0.39, 0.29) is 0 Å². The molecule has 0 aliphatic carbocycles. The van der Waals surface area contributed by atoms with Gasteiger partial charge in [0.2, 0.25) is 0 Å². The maximum Gasteiger partial charge on any atom is 0.119 e. The van der Waals surface area contributed by atoms with Gasteiger partial charge in [0.05, 0.1) is 17.9 Å². The van der Waals surface area contributed by atoms with Crippen LogP contribution < -0.4 is 4.74 Å². The number of nitriles is 1. The maximum absolute atomic E-state index is 9.28. The van der Waals surface area contributed by atoms with Crippen molar-refractivity contribution < 1.29 is 4.74 Å². The van der Waals surface area contributed by atoms with Crippen LogP contribution in [0.25, 0.3) is 11.6 Å². The highest BCUT2D eigenvalue weighted by molar-refractivity contribution is 5.88. The molecule has 0 spiro atoms. The number of aromatic nitrogens is 1. The van der Waals surface area contributed by atoms with Crippen LogP contribution in [0.4, 0.5) is 0 Å². The second kappa shape index (κ2) is 8.63. The zero-order valence-electron chi connectivity index (χ0n) is 12.8. The molecule has 0 bridgehead atoms. The Morgan fingerprint density at radius 2 is 2.00 bits per heavy atom. The second-order valence-corrected chi connectivity index (χ2v) is 5.01. The van der Waals surface area contributed by atoms with E-state index >= 15 is 0 Å². The molecule has 112 valence electrons. The summed E-state index contributed by atoms with van der Waals surface area (Å²) in [7, 11) is 0. The van der Waals surface area contributed by atoms with Crippen molar-refractivity contribution in [2.45, 2.75) is 26.2 Å². The monoisotopic (exact) mass is 292 g/mol. The number of hydrogen-bond donors (Lipinski definition) is 0. The van der Waals surface area contributed by atoms with Crippen molar-refractivity contribution in [2.75, 3.05) is 6.61 Å². The molecule has 0 atom stereocenters. The molecule has 0 radical (unpaired) electrons. The fourth-order valence-electron chi connectivity index (χ4n) is 2.05. The molecule has 0 aliphatic rings. The molecule has 0 saturated carbocycles. The van der Waals surface area contributed by atoms with Gasteiger partial charge >= 0.3 is 0 Å². The number of rotatable bonds is 7. The molecule has 0 aliphatic heterocycles. The zero-order valence-corrected chi connectivity index (χ0v) is 12.8. The van der Waals surface area contributed by atoms with Crippen molar-refractivity contribution in [2.24, 2.45) is 0 Å². The quantitative estimate of drug-likeness (QED) is 0.548. The number of benzene rings is 1. The van der Waals surface area contributed by atoms with Crippen LogP contribution >= 0.6 is 0 Å². The molecular weight excluding hydrogens is 272 g/mol. The van der Waals surface area contributed by atoms with Crippen LogP contribution in [-0.2, 0) is 0 Å². The first kappa shape index (κ1) is 15.8. The predicted octanol–water partition coefficient (Wildman–Crippen LogP) is 4.71. The summed E-state index contributed by atoms with van der Waals surface area (Å²) in [4.78, 5) is 4.21. The van der Waals surface area contributed by atoms with Gasteiger partial charge in [-0.25, -0.2) is 0 Å². The smallest absolute Gasteiger partial charge is 0.119 e. The fraction of sp³-hybridized carbons (Fsp3) is 0.263. The third-order valence-corrected chi connectivity index (χ3v) is 3.27. The van der Waals surface area contributed by atoms with Crippen molar-refractivity contribution in [1.29, 1.82) is 5.26 Å². The van der Waals surface area contributed by atoms with Crippen LogP contribution in [-0.4, -0.2) is 11.6 Å². The minimum absolute atomic E-state index is 0.553. The number of allylic oxidation sites excluding steroid dienone is 1. The molecule has 0 N–H and O–H groups in total. The van der Waals surface area contributed by atoms with Crippen LogP contribution in [0.15, 0.2) is 48.7 Å². The van der Waals surface area contributed by atoms with Gasteiger partial charge in [0.15, 0.2) is 0 Å². The van der Waals surface area contributed by atoms with Crippen LogP contribution in [0.2, 0.25) is 0 Å². The first-order chi connectivity index (χ1) is 10.8. The van der Waals surface area contributed by atoms with Gasteiger partial charge in [-0.15, -0.1) is 0 Å². The highest BCUT2D eigenvalue weighted by Crippen LogP contribution is 2.18. The molecule has 2 rings (SSSR count). The molecule has 0 saturated heterocycles. The van der Waals surface area contributed by atoms with Crippen molar-refractivity contribution >= 4 is 11.6 Å². The average Bonchev–Trinajstić information content (AvgIpc) is 2.58. The molecule has 1 heterocycles. The number of hydrogen-bond acceptors (Lipinski definition) is 3. The Labute approximate surface area is 131 Å². The van der Waals surface area contributed by atoms with Crippen molar-refractivity contribution in [3.05, 3.63) is 59.9 Å². The van der Waals surface area contributed by atoms with E-state index in [9.17, 15) is 5.26 Å². The Balaban J connectivity index is 2.03. The van der Waals surface area contributed by atoms with Gasteiger partial charge in [-0.2, -0.15) is 5.26 Å². The highest BCUT2D eigenvalue weighted by Gasteiger charge is 2.02. The van der Waals surface area contributed by atoms with E-state index in [4.69, 9.17) is 4.74 Å². The number of unbranched alkanes of at least 4 members (excludes halogenated alkanes) is 2. The third-order valence-electron chi connectivity index (χ3n) is 3.27. The number of nitrogens with zero attached hydrogens (tertiary/aromatic N) is 2. The van der Waals surface area contributed by atoms with E-state index in [0.717, 1.165) is 24.3 Å². The zero-order chi connectivity index (χ0) is 15.6. The van der Waals surface area contributed by atoms with Crippen LogP contribution in [0.1, 0.15) is 37.4 Å². The molecular formula is C19H20N2O. The van der Waals surface area contributed by atoms with Gasteiger partial charge in [0.1, 0.15) is 11.8 Å². The van der Waals surface area contributed by atoms with E-state index in [1.54, 1.807) is 6.20 Å². The van der Waals surface area contributed by atoms with Gasteiger partial charge in [0.25, 0.3) is 0 Å². The van der Waals surface area contributed by atoms with E-state index in [1.165, 1.54) is 12.8 Å². The Morgan fingerprint density at radius 3 is 2.64 bits per heavy atom. The molecule has 1 aromatic heterocycles. The molecule has 3 heteroatoms. The van der Waals surface area contributed by atoms with Crippen molar-refractivity contribution in [1.82, 2.24) is 4.98 Å². The third kappa shape index (κ3) is 4.75. The number of ether oxygens (including phenoxy) is 1. The molecule has 0 unspecified atom stereocenters. The molecule has 3 nitrogen and oxygen atoms in total. The molecule has 1 aromatic carbocycles. The van der Waals surface area contributed by atoms with Gasteiger partial charge in [-0.1, -0.05) is 38.0 Å². The SMILES string of the molecule is CCCCCOc1ccc(C=C(C#N)c2ccccn2)cc1. The standard InChI is InChI=1S/C19H20N2O/c1-2-3-6-13-22-18-10-8-16(9-11-18)14-17(15-20)19-7-4-5-12-21-19/h4-5,7-12,14H,2-3,6,13H2,1H3. The largest absolute Gasteiger partial charge is 0.494 e. The normalized spacial score (nSPS) is 11.0. The minimum atomic E-state index is 0.553. The lowest BCUT2D eigenvalue weighted by molar-refractivity contribution is 0.306. The summed E-state index contributed by atoms with van der Waals surface area (Å²) in [6.07, 6.45) is 6.99. The first-order valence-electron chi connectivity index (χ1n) is 7.59. The second-order valence-electron chi connectivity index (χ2n) is 5.01. The van der Waals surface area contributed by atoms with Crippen LogP contribution in [0.5, 0.6) is 5.75 Å². The summed E-state index contributed by atoms with van der Waals surface area (Å²) in [5, 5.41) is 9.28. The summed E-state index contributed by atoms with van der Waals surface area (Å²) >= 11 is 0. The van der Waals surface area contributed by atoms with E-state index < -0.39 is 0 Å². The Bertz CT molecular complexity index is 639. The molecule has 2 aromatic rings. The van der Waals surface area contributed by atoms with Gasteiger partial charge in [0, 0.05) is 6.20 Å². The van der Waals surface area contributed by atoms with Crippen molar-refractivity contribution in [3.8, 4) is 11.8 Å². The maximum atomic E-state index is 9.28. The first-order valence-corrected chi connectivity index (χ1v) is 7.59. The lowest BCUT2D eigenvalue weighted by atomic mass is 10.1. The topological polar surface area (TPSA) is 45.9 Å². The lowest BCUT2D eigenvalue weighted by Crippen LogP contribution is -1.96. The van der Waals surface area contributed by atoms with Gasteiger partial charge in [-0.05, 0) is 42.3 Å². The predicted molar refractivity (Wildman–Crippen MR) is 89.2 cm³/mol. The highest BCUT2D eigenvalue weighted by atomic mass is 16.5. The summed E-state index contributed by atoms with van der Waals surface area (Å²) in [5.74, 6) is 0.865.